The number of amides is 1. The van der Waals surface area contributed by atoms with Crippen LogP contribution < -0.4 is 19.1 Å². The van der Waals surface area contributed by atoms with Crippen molar-refractivity contribution in [3.63, 3.8) is 0 Å². The predicted octanol–water partition coefficient (Wildman–Crippen LogP) is 3.62. The Balaban J connectivity index is 2.16. The van der Waals surface area contributed by atoms with Gasteiger partial charge in [-0.1, -0.05) is 18.2 Å². The second-order valence-corrected chi connectivity index (χ2v) is 5.57. The molecule has 5 nitrogen and oxygen atoms in total. The highest BCUT2D eigenvalue weighted by atomic mass is 16.5. The number of methoxy groups -OCH3 is 3. The lowest BCUT2D eigenvalue weighted by molar-refractivity contribution is -0.112. The number of hydrogen-bond acceptors (Lipinski definition) is 4. The zero-order chi connectivity index (χ0) is 18.0. The molecule has 0 atom stereocenters. The largest absolute Gasteiger partial charge is 0.496 e. The number of anilines is 1. The van der Waals surface area contributed by atoms with Crippen molar-refractivity contribution in [2.24, 2.45) is 0 Å². The minimum absolute atomic E-state index is 0.0134. The average molecular weight is 339 g/mol. The molecule has 0 spiro atoms. The second kappa shape index (κ2) is 6.89. The van der Waals surface area contributed by atoms with Gasteiger partial charge >= 0.3 is 0 Å². The molecule has 0 N–H and O–H groups in total. The molecule has 0 bridgehead atoms. The highest BCUT2D eigenvalue weighted by Gasteiger charge is 2.31. The summed E-state index contributed by atoms with van der Waals surface area (Å²) < 4.78 is 16.2. The Labute approximate surface area is 147 Å². The van der Waals surface area contributed by atoms with Crippen LogP contribution in [-0.2, 0) is 4.79 Å². The predicted molar refractivity (Wildman–Crippen MR) is 98.4 cm³/mol. The molecular weight excluding hydrogens is 318 g/mol. The molecule has 0 fully saturated rings. The topological polar surface area (TPSA) is 48.0 Å². The highest BCUT2D eigenvalue weighted by Crippen LogP contribution is 2.40. The van der Waals surface area contributed by atoms with Crippen molar-refractivity contribution in [2.75, 3.05) is 32.8 Å². The lowest BCUT2D eigenvalue weighted by atomic mass is 10.0. The summed E-state index contributed by atoms with van der Waals surface area (Å²) >= 11 is 0. The molecule has 0 saturated heterocycles. The first-order chi connectivity index (χ1) is 12.1. The van der Waals surface area contributed by atoms with Gasteiger partial charge in [-0.3, -0.25) is 4.79 Å². The van der Waals surface area contributed by atoms with E-state index >= 15 is 0 Å². The fraction of sp³-hybridized carbons (Fsp3) is 0.250. The zero-order valence-electron chi connectivity index (χ0n) is 14.8. The normalized spacial score (nSPS) is 14.6. The van der Waals surface area contributed by atoms with Crippen molar-refractivity contribution in [2.45, 2.75) is 6.92 Å². The molecule has 1 amide bonds. The van der Waals surface area contributed by atoms with Crippen LogP contribution in [0.3, 0.4) is 0 Å². The van der Waals surface area contributed by atoms with E-state index in [2.05, 4.69) is 0 Å². The molecule has 0 radical (unpaired) electrons. The number of ether oxygens (including phenoxy) is 3. The van der Waals surface area contributed by atoms with Crippen LogP contribution in [0.2, 0.25) is 0 Å². The number of para-hydroxylation sites is 1. The standard InChI is InChI=1S/C20H21NO4/c1-5-21-16-9-7-6-8-14(16)15(20(21)22)10-13-11-18(24-3)19(25-4)12-17(13)23-2/h6-12H,5H2,1-4H3/b15-10-. The maximum atomic E-state index is 12.8. The van der Waals surface area contributed by atoms with Crippen LogP contribution in [0.15, 0.2) is 36.4 Å². The Morgan fingerprint density at radius 1 is 0.960 bits per heavy atom. The van der Waals surface area contributed by atoms with Crippen molar-refractivity contribution < 1.29 is 19.0 Å². The van der Waals surface area contributed by atoms with Gasteiger partial charge in [0.05, 0.1) is 27.0 Å². The Morgan fingerprint density at radius 3 is 2.24 bits per heavy atom. The smallest absolute Gasteiger partial charge is 0.258 e. The maximum absolute atomic E-state index is 12.8. The third-order valence-corrected chi connectivity index (χ3v) is 4.31. The molecule has 2 aromatic carbocycles. The number of benzene rings is 2. The number of nitrogens with zero attached hydrogens (tertiary/aromatic N) is 1. The lowest BCUT2D eigenvalue weighted by Gasteiger charge is -2.14. The summed E-state index contributed by atoms with van der Waals surface area (Å²) in [6.07, 6.45) is 1.84. The molecule has 3 rings (SSSR count). The number of carbonyl (C=O) groups is 1. The van der Waals surface area contributed by atoms with Crippen LogP contribution in [0.1, 0.15) is 18.1 Å². The van der Waals surface area contributed by atoms with Gasteiger partial charge in [-0.2, -0.15) is 0 Å². The molecule has 0 aliphatic carbocycles. The van der Waals surface area contributed by atoms with Crippen molar-refractivity contribution in [1.82, 2.24) is 0 Å². The summed E-state index contributed by atoms with van der Waals surface area (Å²) in [7, 11) is 4.74. The number of rotatable bonds is 5. The third kappa shape index (κ3) is 2.82. The molecule has 0 unspecified atom stereocenters. The Bertz CT molecular complexity index is 842. The molecule has 1 aliphatic heterocycles. The van der Waals surface area contributed by atoms with E-state index in [-0.39, 0.29) is 5.91 Å². The van der Waals surface area contributed by atoms with E-state index in [0.29, 0.717) is 29.4 Å². The van der Waals surface area contributed by atoms with E-state index in [0.717, 1.165) is 16.8 Å². The van der Waals surface area contributed by atoms with E-state index in [9.17, 15) is 4.79 Å². The summed E-state index contributed by atoms with van der Waals surface area (Å²) in [4.78, 5) is 14.6. The van der Waals surface area contributed by atoms with Crippen LogP contribution in [0.5, 0.6) is 17.2 Å². The van der Waals surface area contributed by atoms with Crippen LogP contribution in [-0.4, -0.2) is 33.8 Å². The van der Waals surface area contributed by atoms with Crippen LogP contribution in [0, 0.1) is 0 Å². The van der Waals surface area contributed by atoms with E-state index in [1.807, 2.05) is 43.3 Å². The van der Waals surface area contributed by atoms with Gasteiger partial charge < -0.3 is 19.1 Å². The summed E-state index contributed by atoms with van der Waals surface area (Å²) in [6, 6.07) is 11.4. The first-order valence-corrected chi connectivity index (χ1v) is 8.07. The molecule has 25 heavy (non-hydrogen) atoms. The molecule has 130 valence electrons. The lowest BCUT2D eigenvalue weighted by Crippen LogP contribution is -2.25. The second-order valence-electron chi connectivity index (χ2n) is 5.57. The number of hydrogen-bond donors (Lipinski definition) is 0. The third-order valence-electron chi connectivity index (χ3n) is 4.31. The van der Waals surface area contributed by atoms with Crippen molar-refractivity contribution in [3.8, 4) is 17.2 Å². The van der Waals surface area contributed by atoms with Gasteiger partial charge in [0.2, 0.25) is 0 Å². The van der Waals surface area contributed by atoms with Gasteiger partial charge in [0.15, 0.2) is 11.5 Å². The quantitative estimate of drug-likeness (QED) is 0.781. The molecule has 1 aliphatic rings. The van der Waals surface area contributed by atoms with Gasteiger partial charge in [-0.15, -0.1) is 0 Å². The van der Waals surface area contributed by atoms with Crippen LogP contribution >= 0.6 is 0 Å². The van der Waals surface area contributed by atoms with Crippen molar-refractivity contribution >= 4 is 23.2 Å². The monoisotopic (exact) mass is 339 g/mol. The molecule has 0 saturated carbocycles. The summed E-state index contributed by atoms with van der Waals surface area (Å²) in [6.45, 7) is 2.59. The molecule has 2 aromatic rings. The Hall–Kier alpha value is -2.95. The van der Waals surface area contributed by atoms with Gasteiger partial charge in [-0.05, 0) is 25.1 Å². The Kier molecular flexibility index (Phi) is 4.65. The van der Waals surface area contributed by atoms with Crippen molar-refractivity contribution in [1.29, 1.82) is 0 Å². The molecule has 1 heterocycles. The number of carbonyl (C=O) groups excluding carboxylic acids is 1. The van der Waals surface area contributed by atoms with Crippen LogP contribution in [0.25, 0.3) is 11.6 Å². The minimum atomic E-state index is -0.0134. The fourth-order valence-corrected chi connectivity index (χ4v) is 3.08. The average Bonchev–Trinajstić information content (AvgIpc) is 2.92. The fourth-order valence-electron chi connectivity index (χ4n) is 3.08. The van der Waals surface area contributed by atoms with Gasteiger partial charge in [0.25, 0.3) is 5.91 Å². The van der Waals surface area contributed by atoms with Gasteiger partial charge in [-0.25, -0.2) is 0 Å². The van der Waals surface area contributed by atoms with Crippen LogP contribution in [0.4, 0.5) is 5.69 Å². The molecule has 5 heteroatoms. The van der Waals surface area contributed by atoms with E-state index < -0.39 is 0 Å². The SMILES string of the molecule is CCN1C(=O)/C(=C\c2cc(OC)c(OC)cc2OC)c2ccccc21. The van der Waals surface area contributed by atoms with E-state index in [4.69, 9.17) is 14.2 Å². The minimum Gasteiger partial charge on any atom is -0.496 e. The number of likely N-dealkylation sites (N-methyl/N-ethyl adjacent to an activating group) is 1. The van der Waals surface area contributed by atoms with Crippen molar-refractivity contribution in [3.05, 3.63) is 47.5 Å². The summed E-state index contributed by atoms with van der Waals surface area (Å²) in [5.74, 6) is 1.77. The summed E-state index contributed by atoms with van der Waals surface area (Å²) in [5, 5.41) is 0. The number of fused-ring (bicyclic) bond motifs is 1. The first kappa shape index (κ1) is 16.9. The highest BCUT2D eigenvalue weighted by molar-refractivity contribution is 6.35. The Morgan fingerprint density at radius 2 is 1.60 bits per heavy atom. The van der Waals surface area contributed by atoms with E-state index in [1.165, 1.54) is 0 Å². The van der Waals surface area contributed by atoms with Gasteiger partial charge in [0, 0.05) is 29.3 Å². The molecular formula is C20H21NO4. The van der Waals surface area contributed by atoms with E-state index in [1.54, 1.807) is 32.3 Å². The summed E-state index contributed by atoms with van der Waals surface area (Å²) in [5.41, 5.74) is 3.26. The van der Waals surface area contributed by atoms with Gasteiger partial charge in [0.1, 0.15) is 5.75 Å². The zero-order valence-corrected chi connectivity index (χ0v) is 14.8. The maximum Gasteiger partial charge on any atom is 0.258 e. The molecule has 0 aromatic heterocycles. The first-order valence-electron chi connectivity index (χ1n) is 8.07.